The first-order valence-electron chi connectivity index (χ1n) is 37.3. The van der Waals surface area contributed by atoms with Crippen LogP contribution < -0.4 is 5.11 Å². The van der Waals surface area contributed by atoms with Crippen molar-refractivity contribution in [1.29, 1.82) is 0 Å². The number of quaternary nitrogens is 1. The van der Waals surface area contributed by atoms with Gasteiger partial charge in [0.1, 0.15) is 13.2 Å². The number of rotatable bonds is 68. The molecule has 0 heterocycles. The maximum atomic E-state index is 13.0. The first kappa shape index (κ1) is 86.4. The Morgan fingerprint density at radius 3 is 0.934 bits per heavy atom. The van der Waals surface area contributed by atoms with Gasteiger partial charge in [0.15, 0.2) is 12.4 Å². The minimum atomic E-state index is -1.63. The number of aliphatic carboxylic acids is 1. The number of ether oxygens (including phenoxy) is 4. The second-order valence-electron chi connectivity index (χ2n) is 25.9. The number of likely N-dealkylation sites (N-methyl/N-ethyl adjacent to an activating group) is 1. The van der Waals surface area contributed by atoms with Gasteiger partial charge in [-0.3, -0.25) is 9.59 Å². The van der Waals surface area contributed by atoms with E-state index < -0.39 is 24.3 Å². The molecule has 0 radical (unpaired) electrons. The highest BCUT2D eigenvalue weighted by molar-refractivity contribution is 5.70. The summed E-state index contributed by atoms with van der Waals surface area (Å²) in [6, 6.07) is 0. The molecule has 0 saturated carbocycles. The van der Waals surface area contributed by atoms with Crippen molar-refractivity contribution in [2.75, 3.05) is 47.5 Å². The molecule has 0 N–H and O–H groups in total. The van der Waals surface area contributed by atoms with Crippen molar-refractivity contribution in [2.24, 2.45) is 0 Å². The first-order chi connectivity index (χ1) is 44.6. The van der Waals surface area contributed by atoms with Crippen LogP contribution in [0.4, 0.5) is 0 Å². The SMILES string of the molecule is CC/C=C\C/C=C\C/C=C\C/C=C\C/C=C\C/C=C\C/C=C\C/C=C\C/C=C\CCCCCCCCCCCCCCCC(=O)OC(COC(=O)CCCCCCCCCCCCCCC/C=C\C/C=C\CCCCCCC)COC(OCC[N+](C)(C)C)C(=O)[O-]. The molecule has 0 aliphatic carbocycles. The maximum absolute atomic E-state index is 13.0. The lowest BCUT2D eigenvalue weighted by molar-refractivity contribution is -0.870. The van der Waals surface area contributed by atoms with Crippen LogP contribution in [0.1, 0.15) is 309 Å². The molecule has 0 aliphatic heterocycles. The Hall–Kier alpha value is -4.57. The van der Waals surface area contributed by atoms with Gasteiger partial charge in [0.05, 0.1) is 40.3 Å². The fourth-order valence-electron chi connectivity index (χ4n) is 10.2. The van der Waals surface area contributed by atoms with Gasteiger partial charge in [0, 0.05) is 12.8 Å². The van der Waals surface area contributed by atoms with Crippen molar-refractivity contribution >= 4 is 17.9 Å². The third kappa shape index (κ3) is 72.7. The quantitative estimate of drug-likeness (QED) is 0.0195. The molecular formula is C82H139NO8. The van der Waals surface area contributed by atoms with E-state index in [1.165, 1.54) is 173 Å². The lowest BCUT2D eigenvalue weighted by atomic mass is 10.0. The molecular weight excluding hydrogens is 1130 g/mol. The highest BCUT2D eigenvalue weighted by Crippen LogP contribution is 2.17. The Bertz CT molecular complexity index is 1960. The third-order valence-corrected chi connectivity index (χ3v) is 15.9. The van der Waals surface area contributed by atoms with Crippen LogP contribution >= 0.6 is 0 Å². The smallest absolute Gasteiger partial charge is 0.306 e. The molecule has 0 aromatic heterocycles. The van der Waals surface area contributed by atoms with Gasteiger partial charge in [0.2, 0.25) is 0 Å². The zero-order valence-electron chi connectivity index (χ0n) is 59.4. The summed E-state index contributed by atoms with van der Waals surface area (Å²) in [4.78, 5) is 37.5. The van der Waals surface area contributed by atoms with E-state index in [2.05, 4.69) is 148 Å². The van der Waals surface area contributed by atoms with E-state index in [4.69, 9.17) is 18.9 Å². The number of esters is 2. The molecule has 0 amide bonds. The van der Waals surface area contributed by atoms with Crippen molar-refractivity contribution in [2.45, 2.75) is 322 Å². The lowest BCUT2D eigenvalue weighted by Crippen LogP contribution is -2.44. The fraction of sp³-hybridized carbons (Fsp3) is 0.695. The number of carboxylic acids is 1. The van der Waals surface area contributed by atoms with E-state index in [0.29, 0.717) is 17.4 Å². The lowest BCUT2D eigenvalue weighted by Gasteiger charge is -2.26. The van der Waals surface area contributed by atoms with E-state index in [9.17, 15) is 19.5 Å². The van der Waals surface area contributed by atoms with Gasteiger partial charge in [-0.15, -0.1) is 0 Å². The summed E-state index contributed by atoms with van der Waals surface area (Å²) in [5, 5.41) is 11.8. The second kappa shape index (κ2) is 71.3. The zero-order chi connectivity index (χ0) is 66.1. The van der Waals surface area contributed by atoms with Gasteiger partial charge in [-0.1, -0.05) is 314 Å². The van der Waals surface area contributed by atoms with Gasteiger partial charge < -0.3 is 33.3 Å². The minimum absolute atomic E-state index is 0.143. The van der Waals surface area contributed by atoms with Crippen LogP contribution in [0.25, 0.3) is 0 Å². The van der Waals surface area contributed by atoms with Crippen LogP contribution in [-0.4, -0.2) is 82.3 Å². The summed E-state index contributed by atoms with van der Waals surface area (Å²) in [6.45, 7) is 4.64. The van der Waals surface area contributed by atoms with Crippen LogP contribution in [-0.2, 0) is 33.3 Å². The molecule has 0 aromatic carbocycles. The molecule has 0 rings (SSSR count). The van der Waals surface area contributed by atoms with E-state index >= 15 is 0 Å². The normalized spacial score (nSPS) is 13.5. The summed E-state index contributed by atoms with van der Waals surface area (Å²) in [7, 11) is 5.93. The predicted octanol–water partition coefficient (Wildman–Crippen LogP) is 22.4. The number of carbonyl (C=O) groups excluding carboxylic acids is 3. The third-order valence-electron chi connectivity index (χ3n) is 15.9. The molecule has 0 fully saturated rings. The Morgan fingerprint density at radius 2 is 0.626 bits per heavy atom. The van der Waals surface area contributed by atoms with Crippen molar-refractivity contribution in [3.8, 4) is 0 Å². The number of hydrogen-bond acceptors (Lipinski definition) is 8. The maximum Gasteiger partial charge on any atom is 0.306 e. The average molecular weight is 1270 g/mol. The summed E-state index contributed by atoms with van der Waals surface area (Å²) in [6.07, 6.45) is 99.7. The Labute approximate surface area is 560 Å². The molecule has 0 aliphatic rings. The number of nitrogens with zero attached hydrogens (tertiary/aromatic N) is 1. The van der Waals surface area contributed by atoms with Crippen LogP contribution in [0.3, 0.4) is 0 Å². The van der Waals surface area contributed by atoms with Crippen molar-refractivity contribution in [1.82, 2.24) is 0 Å². The van der Waals surface area contributed by atoms with E-state index in [0.717, 1.165) is 103 Å². The monoisotopic (exact) mass is 1270 g/mol. The molecule has 0 saturated heterocycles. The van der Waals surface area contributed by atoms with Crippen LogP contribution in [0.15, 0.2) is 134 Å². The van der Waals surface area contributed by atoms with E-state index in [-0.39, 0.29) is 38.6 Å². The standard InChI is InChI=1S/C82H139NO8/c1-6-8-10-12-14-16-18-20-22-24-26-28-30-32-33-34-35-36-37-38-39-40-41-42-43-44-45-46-47-49-51-53-55-57-59-61-63-65-67-69-71-73-80(85)91-78(77-90-82(81(86)87)88-75-74-83(3,4)5)76-89-79(84)72-70-68-66-64-62-60-58-56-54-52-50-48-31-29-27-25-23-21-19-17-15-13-11-9-7-2/h8,10,14,16,19-22,25-28,32-33,35-36,38-39,41-42,44-45,78,82H,6-7,9,11-13,15,17-18,23-24,29-31,34,37,40,43,46-77H2,1-5H3/b10-8-,16-14-,21-19-,22-20-,27-25-,28-26-,33-32-,36-35-,39-38-,42-41-,45-44-. The van der Waals surface area contributed by atoms with Gasteiger partial charge >= 0.3 is 11.9 Å². The largest absolute Gasteiger partial charge is 0.545 e. The van der Waals surface area contributed by atoms with Gasteiger partial charge in [-0.2, -0.15) is 0 Å². The highest BCUT2D eigenvalue weighted by Gasteiger charge is 2.22. The van der Waals surface area contributed by atoms with Gasteiger partial charge in [-0.05, 0) is 116 Å². The van der Waals surface area contributed by atoms with Gasteiger partial charge in [0.25, 0.3) is 0 Å². The Balaban J connectivity index is 4.09. The van der Waals surface area contributed by atoms with E-state index in [1.54, 1.807) is 0 Å². The fourth-order valence-corrected chi connectivity index (χ4v) is 10.2. The zero-order valence-corrected chi connectivity index (χ0v) is 59.4. The van der Waals surface area contributed by atoms with Gasteiger partial charge in [-0.25, -0.2) is 0 Å². The molecule has 9 nitrogen and oxygen atoms in total. The summed E-state index contributed by atoms with van der Waals surface area (Å²) in [5.41, 5.74) is 0. The van der Waals surface area contributed by atoms with Crippen LogP contribution in [0, 0.1) is 0 Å². The Morgan fingerprint density at radius 1 is 0.341 bits per heavy atom. The molecule has 2 atom stereocenters. The highest BCUT2D eigenvalue weighted by atomic mass is 16.7. The minimum Gasteiger partial charge on any atom is -0.545 e. The number of carboxylic acid groups (broad SMARTS) is 1. The number of allylic oxidation sites excluding steroid dienone is 22. The van der Waals surface area contributed by atoms with Crippen molar-refractivity contribution in [3.05, 3.63) is 134 Å². The molecule has 2 unspecified atom stereocenters. The molecule has 91 heavy (non-hydrogen) atoms. The second-order valence-corrected chi connectivity index (χ2v) is 25.9. The predicted molar refractivity (Wildman–Crippen MR) is 389 cm³/mol. The Kier molecular flexibility index (Phi) is 67.7. The van der Waals surface area contributed by atoms with Crippen LogP contribution in [0.2, 0.25) is 0 Å². The summed E-state index contributed by atoms with van der Waals surface area (Å²) >= 11 is 0. The van der Waals surface area contributed by atoms with Crippen molar-refractivity contribution < 1.29 is 42.9 Å². The van der Waals surface area contributed by atoms with Crippen LogP contribution in [0.5, 0.6) is 0 Å². The molecule has 0 aromatic rings. The molecule has 520 valence electrons. The van der Waals surface area contributed by atoms with E-state index in [1.807, 2.05) is 21.1 Å². The molecule has 0 spiro atoms. The van der Waals surface area contributed by atoms with Crippen molar-refractivity contribution in [3.63, 3.8) is 0 Å². The topological polar surface area (TPSA) is 111 Å². The number of hydrogen-bond donors (Lipinski definition) is 0. The first-order valence-corrected chi connectivity index (χ1v) is 37.3. The number of unbranched alkanes of at least 4 members (excludes halogenated alkanes) is 31. The molecule has 0 bridgehead atoms. The molecule has 9 heteroatoms. The summed E-state index contributed by atoms with van der Waals surface area (Å²) < 4.78 is 22.8. The summed E-state index contributed by atoms with van der Waals surface area (Å²) in [5.74, 6) is -2.28. The number of carbonyl (C=O) groups is 3. The average Bonchev–Trinajstić information content (AvgIpc) is 3.53.